The fourth-order valence-electron chi connectivity index (χ4n) is 3.23. The SMILES string of the molecule is CCCCCCCNC(=O)/C=C/n1cc(C2CC(O)C(COC)O2)c(=O)[nH]c1=O. The molecule has 0 bridgehead atoms. The van der Waals surface area contributed by atoms with Crippen LogP contribution in [0.3, 0.4) is 0 Å². The first-order valence-corrected chi connectivity index (χ1v) is 10.1. The maximum Gasteiger partial charge on any atom is 0.332 e. The van der Waals surface area contributed by atoms with Gasteiger partial charge in [0.25, 0.3) is 5.56 Å². The molecule has 1 amide bonds. The molecule has 1 aliphatic heterocycles. The van der Waals surface area contributed by atoms with Crippen LogP contribution in [0.5, 0.6) is 0 Å². The number of aromatic nitrogens is 2. The number of hydrogen-bond donors (Lipinski definition) is 3. The second-order valence-electron chi connectivity index (χ2n) is 7.19. The quantitative estimate of drug-likeness (QED) is 0.369. The van der Waals surface area contributed by atoms with Gasteiger partial charge in [0.1, 0.15) is 6.10 Å². The molecule has 0 spiro atoms. The van der Waals surface area contributed by atoms with Crippen molar-refractivity contribution in [3.8, 4) is 0 Å². The summed E-state index contributed by atoms with van der Waals surface area (Å²) in [5, 5.41) is 12.8. The largest absolute Gasteiger partial charge is 0.390 e. The molecular weight excluding hydrogens is 378 g/mol. The maximum atomic E-state index is 12.2. The van der Waals surface area contributed by atoms with Gasteiger partial charge < -0.3 is 19.9 Å². The lowest BCUT2D eigenvalue weighted by atomic mass is 10.1. The van der Waals surface area contributed by atoms with E-state index in [1.807, 2.05) is 0 Å². The first-order valence-electron chi connectivity index (χ1n) is 10.1. The van der Waals surface area contributed by atoms with Crippen LogP contribution in [-0.4, -0.2) is 53.0 Å². The van der Waals surface area contributed by atoms with E-state index in [1.165, 1.54) is 38.4 Å². The molecule has 3 unspecified atom stereocenters. The molecule has 0 aliphatic carbocycles. The third-order valence-corrected chi connectivity index (χ3v) is 4.86. The van der Waals surface area contributed by atoms with Crippen molar-refractivity contribution in [3.05, 3.63) is 38.7 Å². The van der Waals surface area contributed by atoms with Crippen molar-refractivity contribution >= 4 is 12.1 Å². The van der Waals surface area contributed by atoms with Crippen LogP contribution in [0.15, 0.2) is 21.9 Å². The van der Waals surface area contributed by atoms with Crippen LogP contribution in [0.25, 0.3) is 6.20 Å². The van der Waals surface area contributed by atoms with Crippen LogP contribution >= 0.6 is 0 Å². The summed E-state index contributed by atoms with van der Waals surface area (Å²) >= 11 is 0. The van der Waals surface area contributed by atoms with E-state index >= 15 is 0 Å². The standard InChI is InChI=1S/C20H31N3O6/c1-3-4-5-6-7-9-21-18(25)8-10-23-12-14(19(26)22-20(23)27)16-11-15(24)17(29-16)13-28-2/h8,10,12,15-17,24H,3-7,9,11,13H2,1-2H3,(H,21,25)(H,22,26,27)/b10-8+. The number of carbonyl (C=O) groups is 1. The lowest BCUT2D eigenvalue weighted by Crippen LogP contribution is -2.31. The molecule has 0 saturated carbocycles. The highest BCUT2D eigenvalue weighted by atomic mass is 16.6. The Labute approximate surface area is 169 Å². The average Bonchev–Trinajstić information content (AvgIpc) is 3.04. The van der Waals surface area contributed by atoms with Crippen molar-refractivity contribution < 1.29 is 19.4 Å². The molecule has 2 rings (SSSR count). The Morgan fingerprint density at radius 3 is 2.86 bits per heavy atom. The molecule has 9 heteroatoms. The lowest BCUT2D eigenvalue weighted by molar-refractivity contribution is -0.116. The molecular formula is C20H31N3O6. The zero-order valence-corrected chi connectivity index (χ0v) is 17.1. The highest BCUT2D eigenvalue weighted by molar-refractivity contribution is 5.90. The number of H-pyrrole nitrogens is 1. The van der Waals surface area contributed by atoms with E-state index in [4.69, 9.17) is 9.47 Å². The van der Waals surface area contributed by atoms with E-state index in [0.29, 0.717) is 6.54 Å². The number of ether oxygens (including phenoxy) is 2. The Balaban J connectivity index is 1.98. The van der Waals surface area contributed by atoms with Crippen molar-refractivity contribution in [1.82, 2.24) is 14.9 Å². The van der Waals surface area contributed by atoms with Crippen molar-refractivity contribution in [3.63, 3.8) is 0 Å². The number of aliphatic hydroxyl groups excluding tert-OH is 1. The minimum absolute atomic E-state index is 0.202. The molecule has 1 fully saturated rings. The van der Waals surface area contributed by atoms with Crippen LogP contribution in [0.1, 0.15) is 57.1 Å². The summed E-state index contributed by atoms with van der Waals surface area (Å²) in [4.78, 5) is 38.3. The van der Waals surface area contributed by atoms with Gasteiger partial charge in [0.15, 0.2) is 0 Å². The first kappa shape index (κ1) is 23.1. The minimum atomic E-state index is -0.765. The Morgan fingerprint density at radius 1 is 1.38 bits per heavy atom. The summed E-state index contributed by atoms with van der Waals surface area (Å²) in [5.41, 5.74) is -1.02. The Bertz CT molecular complexity index is 800. The Morgan fingerprint density at radius 2 is 2.14 bits per heavy atom. The molecule has 29 heavy (non-hydrogen) atoms. The predicted molar refractivity (Wildman–Crippen MR) is 109 cm³/mol. The Kier molecular flexibility index (Phi) is 9.30. The molecule has 3 N–H and O–H groups in total. The highest BCUT2D eigenvalue weighted by Crippen LogP contribution is 2.31. The monoisotopic (exact) mass is 409 g/mol. The zero-order chi connectivity index (χ0) is 21.2. The van der Waals surface area contributed by atoms with Crippen molar-refractivity contribution in [1.29, 1.82) is 0 Å². The van der Waals surface area contributed by atoms with Crippen molar-refractivity contribution in [2.75, 3.05) is 20.3 Å². The van der Waals surface area contributed by atoms with E-state index in [2.05, 4.69) is 17.2 Å². The van der Waals surface area contributed by atoms with Crippen LogP contribution in [0.4, 0.5) is 0 Å². The van der Waals surface area contributed by atoms with Crippen LogP contribution in [0.2, 0.25) is 0 Å². The summed E-state index contributed by atoms with van der Waals surface area (Å²) in [6.45, 7) is 2.93. The second kappa shape index (κ2) is 11.7. The van der Waals surface area contributed by atoms with Gasteiger partial charge in [-0.3, -0.25) is 19.1 Å². The summed E-state index contributed by atoms with van der Waals surface area (Å²) in [5.74, 6) is -0.312. The average molecular weight is 409 g/mol. The molecule has 1 saturated heterocycles. The second-order valence-corrected chi connectivity index (χ2v) is 7.19. The van der Waals surface area contributed by atoms with Crippen LogP contribution in [0, 0.1) is 0 Å². The summed E-state index contributed by atoms with van der Waals surface area (Å²) in [7, 11) is 1.50. The number of rotatable bonds is 11. The number of nitrogens with one attached hydrogen (secondary N) is 2. The first-order chi connectivity index (χ1) is 14.0. The number of amides is 1. The topological polar surface area (TPSA) is 123 Å². The summed E-state index contributed by atoms with van der Waals surface area (Å²) in [6.07, 6.45) is 7.63. The third kappa shape index (κ3) is 6.95. The smallest absolute Gasteiger partial charge is 0.332 e. The van der Waals surface area contributed by atoms with Gasteiger partial charge in [-0.2, -0.15) is 0 Å². The molecule has 162 valence electrons. The van der Waals surface area contributed by atoms with Gasteiger partial charge in [0.05, 0.1) is 24.4 Å². The normalized spacial score (nSPS) is 21.7. The fraction of sp³-hybridized carbons (Fsp3) is 0.650. The van der Waals surface area contributed by atoms with Gasteiger partial charge in [-0.15, -0.1) is 0 Å². The molecule has 1 aromatic rings. The minimum Gasteiger partial charge on any atom is -0.390 e. The maximum absolute atomic E-state index is 12.2. The van der Waals surface area contributed by atoms with Gasteiger partial charge in [-0.05, 0) is 6.42 Å². The van der Waals surface area contributed by atoms with Gasteiger partial charge in [0.2, 0.25) is 5.91 Å². The molecule has 0 aromatic carbocycles. The number of methoxy groups -OCH3 is 1. The van der Waals surface area contributed by atoms with Gasteiger partial charge in [-0.1, -0.05) is 32.6 Å². The van der Waals surface area contributed by atoms with E-state index in [0.717, 1.165) is 23.8 Å². The zero-order valence-electron chi connectivity index (χ0n) is 17.1. The van der Waals surface area contributed by atoms with Crippen molar-refractivity contribution in [2.45, 2.75) is 63.8 Å². The third-order valence-electron chi connectivity index (χ3n) is 4.86. The molecule has 3 atom stereocenters. The number of carbonyl (C=O) groups excluding carboxylic acids is 1. The number of aromatic amines is 1. The lowest BCUT2D eigenvalue weighted by Gasteiger charge is -2.13. The number of unbranched alkanes of at least 4 members (excludes halogenated alkanes) is 4. The fourth-order valence-corrected chi connectivity index (χ4v) is 3.23. The predicted octanol–water partition coefficient (Wildman–Crippen LogP) is 0.931. The van der Waals surface area contributed by atoms with Crippen LogP contribution < -0.4 is 16.6 Å². The molecule has 1 aliphatic rings. The number of hydrogen-bond acceptors (Lipinski definition) is 6. The van der Waals surface area contributed by atoms with Gasteiger partial charge >= 0.3 is 5.69 Å². The van der Waals surface area contributed by atoms with Gasteiger partial charge in [-0.25, -0.2) is 4.79 Å². The number of aliphatic hydroxyl groups is 1. The number of nitrogens with zero attached hydrogens (tertiary/aromatic N) is 1. The van der Waals surface area contributed by atoms with E-state index < -0.39 is 29.6 Å². The Hall–Kier alpha value is -2.23. The molecule has 2 heterocycles. The van der Waals surface area contributed by atoms with E-state index in [1.54, 1.807) is 0 Å². The molecule has 9 nitrogen and oxygen atoms in total. The van der Waals surface area contributed by atoms with Crippen LogP contribution in [-0.2, 0) is 14.3 Å². The van der Waals surface area contributed by atoms with E-state index in [-0.39, 0.29) is 24.5 Å². The summed E-state index contributed by atoms with van der Waals surface area (Å²) in [6, 6.07) is 0. The summed E-state index contributed by atoms with van der Waals surface area (Å²) < 4.78 is 11.8. The highest BCUT2D eigenvalue weighted by Gasteiger charge is 2.36. The van der Waals surface area contributed by atoms with Crippen molar-refractivity contribution in [2.24, 2.45) is 0 Å². The van der Waals surface area contributed by atoms with E-state index in [9.17, 15) is 19.5 Å². The van der Waals surface area contributed by atoms with Gasteiger partial charge in [0, 0.05) is 38.5 Å². The molecule has 0 radical (unpaired) electrons. The molecule has 1 aromatic heterocycles.